The molecule has 84 valence electrons. The fourth-order valence-corrected chi connectivity index (χ4v) is 1.42. The molecule has 0 unspecified atom stereocenters. The number of nitrogens with two attached hydrogens (primary N) is 1. The quantitative estimate of drug-likeness (QED) is 0.714. The van der Waals surface area contributed by atoms with E-state index in [0.717, 1.165) is 31.8 Å². The Labute approximate surface area is 91.1 Å². The van der Waals surface area contributed by atoms with Gasteiger partial charge < -0.3 is 15.4 Å². The summed E-state index contributed by atoms with van der Waals surface area (Å²) in [5.74, 6) is 0.581. The molecule has 0 bridgehead atoms. The molecule has 15 heavy (non-hydrogen) atoms. The standard InChI is InChI=1S/C11H19N3O/c1-14(7-4-8-15-2)9-10-5-3-6-11(12)13-10/h3,5-6H,4,7-9H2,1-2H3,(H2,12,13). The van der Waals surface area contributed by atoms with Crippen molar-refractivity contribution in [3.05, 3.63) is 23.9 Å². The maximum Gasteiger partial charge on any atom is 0.123 e. The first-order valence-corrected chi connectivity index (χ1v) is 5.11. The lowest BCUT2D eigenvalue weighted by atomic mass is 10.3. The lowest BCUT2D eigenvalue weighted by Crippen LogP contribution is -2.20. The van der Waals surface area contributed by atoms with Crippen molar-refractivity contribution in [1.82, 2.24) is 9.88 Å². The molecule has 0 saturated heterocycles. The van der Waals surface area contributed by atoms with Crippen LogP contribution in [0.15, 0.2) is 18.2 Å². The summed E-state index contributed by atoms with van der Waals surface area (Å²) in [4.78, 5) is 6.46. The van der Waals surface area contributed by atoms with E-state index in [-0.39, 0.29) is 0 Å². The van der Waals surface area contributed by atoms with E-state index in [0.29, 0.717) is 5.82 Å². The van der Waals surface area contributed by atoms with E-state index in [4.69, 9.17) is 10.5 Å². The summed E-state index contributed by atoms with van der Waals surface area (Å²) >= 11 is 0. The van der Waals surface area contributed by atoms with Crippen LogP contribution in [0.2, 0.25) is 0 Å². The molecule has 4 nitrogen and oxygen atoms in total. The molecule has 0 spiro atoms. The van der Waals surface area contributed by atoms with Crippen LogP contribution in [0.25, 0.3) is 0 Å². The second-order valence-electron chi connectivity index (χ2n) is 3.64. The summed E-state index contributed by atoms with van der Waals surface area (Å²) < 4.78 is 5.00. The number of anilines is 1. The zero-order valence-corrected chi connectivity index (χ0v) is 9.44. The van der Waals surface area contributed by atoms with Gasteiger partial charge in [-0.3, -0.25) is 0 Å². The van der Waals surface area contributed by atoms with Gasteiger partial charge in [-0.2, -0.15) is 0 Å². The summed E-state index contributed by atoms with van der Waals surface area (Å²) in [6, 6.07) is 5.72. The highest BCUT2D eigenvalue weighted by Gasteiger charge is 2.01. The summed E-state index contributed by atoms with van der Waals surface area (Å²) in [6.07, 6.45) is 1.04. The summed E-state index contributed by atoms with van der Waals surface area (Å²) in [7, 11) is 3.79. The van der Waals surface area contributed by atoms with Gasteiger partial charge in [0.1, 0.15) is 5.82 Å². The molecule has 1 aromatic rings. The van der Waals surface area contributed by atoms with Gasteiger partial charge in [-0.05, 0) is 25.6 Å². The molecule has 1 rings (SSSR count). The number of ether oxygens (including phenoxy) is 1. The molecule has 2 N–H and O–H groups in total. The number of hydrogen-bond donors (Lipinski definition) is 1. The average molecular weight is 209 g/mol. The number of hydrogen-bond acceptors (Lipinski definition) is 4. The zero-order valence-electron chi connectivity index (χ0n) is 9.44. The Morgan fingerprint density at radius 2 is 2.27 bits per heavy atom. The van der Waals surface area contributed by atoms with Crippen LogP contribution < -0.4 is 5.73 Å². The fraction of sp³-hybridized carbons (Fsp3) is 0.545. The first-order chi connectivity index (χ1) is 7.22. The maximum absolute atomic E-state index is 5.61. The normalized spacial score (nSPS) is 10.9. The van der Waals surface area contributed by atoms with E-state index in [1.165, 1.54) is 0 Å². The van der Waals surface area contributed by atoms with Gasteiger partial charge >= 0.3 is 0 Å². The van der Waals surface area contributed by atoms with E-state index < -0.39 is 0 Å². The molecule has 0 amide bonds. The largest absolute Gasteiger partial charge is 0.385 e. The topological polar surface area (TPSA) is 51.4 Å². The molecule has 0 fully saturated rings. The molecule has 0 aliphatic heterocycles. The molecular formula is C11H19N3O. The van der Waals surface area contributed by atoms with E-state index in [2.05, 4.69) is 16.9 Å². The van der Waals surface area contributed by atoms with Crippen LogP contribution in [0.1, 0.15) is 12.1 Å². The number of methoxy groups -OCH3 is 1. The van der Waals surface area contributed by atoms with Crippen molar-refractivity contribution in [2.45, 2.75) is 13.0 Å². The van der Waals surface area contributed by atoms with Crippen LogP contribution in [-0.2, 0) is 11.3 Å². The summed E-state index contributed by atoms with van der Waals surface area (Å²) in [5.41, 5.74) is 6.62. The zero-order chi connectivity index (χ0) is 11.1. The van der Waals surface area contributed by atoms with E-state index in [1.807, 2.05) is 12.1 Å². The average Bonchev–Trinajstić information content (AvgIpc) is 2.18. The number of nitrogen functional groups attached to an aromatic ring is 1. The van der Waals surface area contributed by atoms with Gasteiger partial charge in [0.15, 0.2) is 0 Å². The molecule has 4 heteroatoms. The van der Waals surface area contributed by atoms with E-state index in [9.17, 15) is 0 Å². The molecule has 0 aromatic carbocycles. The number of nitrogens with zero attached hydrogens (tertiary/aromatic N) is 2. The molecule has 0 radical (unpaired) electrons. The second-order valence-corrected chi connectivity index (χ2v) is 3.64. The predicted molar refractivity (Wildman–Crippen MR) is 61.5 cm³/mol. The molecular weight excluding hydrogens is 190 g/mol. The van der Waals surface area contributed by atoms with Gasteiger partial charge in [0, 0.05) is 26.8 Å². The van der Waals surface area contributed by atoms with Crippen molar-refractivity contribution in [2.24, 2.45) is 0 Å². The van der Waals surface area contributed by atoms with Crippen LogP contribution in [0.5, 0.6) is 0 Å². The van der Waals surface area contributed by atoms with Gasteiger partial charge in [0.25, 0.3) is 0 Å². The highest BCUT2D eigenvalue weighted by atomic mass is 16.5. The van der Waals surface area contributed by atoms with E-state index >= 15 is 0 Å². The molecule has 1 heterocycles. The van der Waals surface area contributed by atoms with Gasteiger partial charge in [-0.1, -0.05) is 6.07 Å². The van der Waals surface area contributed by atoms with Crippen molar-refractivity contribution < 1.29 is 4.74 Å². The third-order valence-corrected chi connectivity index (χ3v) is 2.15. The summed E-state index contributed by atoms with van der Waals surface area (Å²) in [5, 5.41) is 0. The third-order valence-electron chi connectivity index (χ3n) is 2.15. The Bertz CT molecular complexity index is 291. The molecule has 0 saturated carbocycles. The number of rotatable bonds is 6. The van der Waals surface area contributed by atoms with Crippen molar-refractivity contribution in [2.75, 3.05) is 33.0 Å². The predicted octanol–water partition coefficient (Wildman–Crippen LogP) is 1.13. The number of aromatic nitrogens is 1. The van der Waals surface area contributed by atoms with Crippen molar-refractivity contribution in [3.63, 3.8) is 0 Å². The highest BCUT2D eigenvalue weighted by molar-refractivity contribution is 5.28. The first-order valence-electron chi connectivity index (χ1n) is 5.11. The minimum absolute atomic E-state index is 0.581. The highest BCUT2D eigenvalue weighted by Crippen LogP contribution is 2.03. The Balaban J connectivity index is 2.34. The van der Waals surface area contributed by atoms with Crippen LogP contribution in [0.4, 0.5) is 5.82 Å². The third kappa shape index (κ3) is 4.76. The van der Waals surface area contributed by atoms with Crippen LogP contribution in [0, 0.1) is 0 Å². The second kappa shape index (κ2) is 6.37. The van der Waals surface area contributed by atoms with Gasteiger partial charge in [-0.15, -0.1) is 0 Å². The van der Waals surface area contributed by atoms with E-state index in [1.54, 1.807) is 13.2 Å². The Morgan fingerprint density at radius 3 is 2.93 bits per heavy atom. The molecule has 0 aliphatic rings. The maximum atomic E-state index is 5.61. The smallest absolute Gasteiger partial charge is 0.123 e. The summed E-state index contributed by atoms with van der Waals surface area (Å²) in [6.45, 7) is 2.63. The Hall–Kier alpha value is -1.13. The van der Waals surface area contributed by atoms with Gasteiger partial charge in [0.2, 0.25) is 0 Å². The lowest BCUT2D eigenvalue weighted by molar-refractivity contribution is 0.178. The van der Waals surface area contributed by atoms with Crippen LogP contribution in [-0.4, -0.2) is 37.2 Å². The molecule has 0 aliphatic carbocycles. The van der Waals surface area contributed by atoms with Gasteiger partial charge in [0.05, 0.1) is 5.69 Å². The Kier molecular flexibility index (Phi) is 5.07. The molecule has 0 atom stereocenters. The Morgan fingerprint density at radius 1 is 1.47 bits per heavy atom. The van der Waals surface area contributed by atoms with Crippen molar-refractivity contribution in [3.8, 4) is 0 Å². The molecule has 1 aromatic heterocycles. The van der Waals surface area contributed by atoms with Crippen molar-refractivity contribution >= 4 is 5.82 Å². The monoisotopic (exact) mass is 209 g/mol. The van der Waals surface area contributed by atoms with Crippen molar-refractivity contribution in [1.29, 1.82) is 0 Å². The lowest BCUT2D eigenvalue weighted by Gasteiger charge is -2.15. The van der Waals surface area contributed by atoms with Crippen LogP contribution >= 0.6 is 0 Å². The van der Waals surface area contributed by atoms with Crippen LogP contribution in [0.3, 0.4) is 0 Å². The number of pyridine rings is 1. The minimum atomic E-state index is 0.581. The SMILES string of the molecule is COCCCN(C)Cc1cccc(N)n1. The minimum Gasteiger partial charge on any atom is -0.385 e. The van der Waals surface area contributed by atoms with Gasteiger partial charge in [-0.25, -0.2) is 4.98 Å². The first kappa shape index (κ1) is 11.9. The fourth-order valence-electron chi connectivity index (χ4n) is 1.42.